The van der Waals surface area contributed by atoms with Crippen LogP contribution in [0.4, 0.5) is 4.39 Å². The van der Waals surface area contributed by atoms with Crippen LogP contribution in [0.25, 0.3) is 11.0 Å². The Balaban J connectivity index is 1.18. The van der Waals surface area contributed by atoms with Gasteiger partial charge in [0.2, 0.25) is 11.8 Å². The number of likely N-dealkylation sites (tertiary alicyclic amines) is 1. The van der Waals surface area contributed by atoms with E-state index in [9.17, 15) is 14.0 Å². The van der Waals surface area contributed by atoms with Crippen molar-refractivity contribution in [2.24, 2.45) is 0 Å². The highest BCUT2D eigenvalue weighted by Gasteiger charge is 2.46. The average molecular weight is 602 g/mol. The van der Waals surface area contributed by atoms with Crippen LogP contribution in [0, 0.1) is 12.7 Å². The molecule has 4 heterocycles. The van der Waals surface area contributed by atoms with Crippen molar-refractivity contribution in [3.63, 3.8) is 0 Å². The lowest BCUT2D eigenvalue weighted by molar-refractivity contribution is -0.143. The van der Waals surface area contributed by atoms with Crippen molar-refractivity contribution in [3.05, 3.63) is 65.7 Å². The number of nitrogens with zero attached hydrogens (tertiary/aromatic N) is 4. The number of imidazole rings is 1. The quantitative estimate of drug-likeness (QED) is 0.313. The summed E-state index contributed by atoms with van der Waals surface area (Å²) >= 11 is 0. The number of carbonyl (C=O) groups is 2. The highest BCUT2D eigenvalue weighted by molar-refractivity contribution is 5.91. The van der Waals surface area contributed by atoms with Gasteiger partial charge in [-0.25, -0.2) is 9.37 Å². The highest BCUT2D eigenvalue weighted by atomic mass is 19.1. The molecule has 2 amide bonds. The Hall–Kier alpha value is -3.26. The van der Waals surface area contributed by atoms with Crippen molar-refractivity contribution in [2.75, 3.05) is 19.6 Å². The topological polar surface area (TPSA) is 70.5 Å². The molecule has 1 aromatic heterocycles. The summed E-state index contributed by atoms with van der Waals surface area (Å²) < 4.78 is 17.1. The molecule has 3 atom stereocenters. The second-order valence-corrected chi connectivity index (χ2v) is 13.6. The number of halogens is 1. The van der Waals surface area contributed by atoms with Crippen LogP contribution in [0.1, 0.15) is 96.0 Å². The van der Waals surface area contributed by atoms with E-state index < -0.39 is 5.54 Å². The van der Waals surface area contributed by atoms with E-state index in [0.717, 1.165) is 55.6 Å². The molecule has 0 aliphatic carbocycles. The third-order valence-corrected chi connectivity index (χ3v) is 11.3. The molecule has 1 unspecified atom stereocenters. The monoisotopic (exact) mass is 601 g/mol. The summed E-state index contributed by atoms with van der Waals surface area (Å²) in [5.74, 6) is 0.728. The maximum absolute atomic E-state index is 14.6. The fourth-order valence-electron chi connectivity index (χ4n) is 8.85. The van der Waals surface area contributed by atoms with Crippen molar-refractivity contribution in [3.8, 4) is 0 Å². The summed E-state index contributed by atoms with van der Waals surface area (Å²) in [4.78, 5) is 35.3. The number of aromatic nitrogens is 2. The minimum Gasteiger partial charge on any atom is -0.342 e. The average Bonchev–Trinajstić information content (AvgIpc) is 3.48. The minimum atomic E-state index is -0.868. The van der Waals surface area contributed by atoms with E-state index in [1.807, 2.05) is 24.8 Å². The summed E-state index contributed by atoms with van der Waals surface area (Å²) in [5.41, 5.74) is 2.30. The molecule has 0 radical (unpaired) electrons. The zero-order chi connectivity index (χ0) is 31.1. The van der Waals surface area contributed by atoms with Crippen LogP contribution in [-0.4, -0.2) is 68.4 Å². The molecule has 3 saturated heterocycles. The predicted molar refractivity (Wildman–Crippen MR) is 172 cm³/mol. The van der Waals surface area contributed by atoms with Crippen LogP contribution >= 0.6 is 0 Å². The Kier molecular flexibility index (Phi) is 8.57. The summed E-state index contributed by atoms with van der Waals surface area (Å²) in [6.45, 7) is 9.74. The van der Waals surface area contributed by atoms with Gasteiger partial charge in [0.25, 0.3) is 0 Å². The van der Waals surface area contributed by atoms with E-state index in [-0.39, 0.29) is 23.0 Å². The van der Waals surface area contributed by atoms with Gasteiger partial charge in [0, 0.05) is 38.1 Å². The van der Waals surface area contributed by atoms with E-state index in [2.05, 4.69) is 52.0 Å². The van der Waals surface area contributed by atoms with Crippen LogP contribution in [-0.2, 0) is 15.0 Å². The van der Waals surface area contributed by atoms with E-state index in [1.54, 1.807) is 6.07 Å². The van der Waals surface area contributed by atoms with Gasteiger partial charge in [-0.15, -0.1) is 0 Å². The molecular weight excluding hydrogens is 553 g/mol. The number of amides is 2. The fraction of sp³-hybridized carbons (Fsp3) is 0.583. The molecule has 7 nitrogen and oxygen atoms in total. The molecule has 3 fully saturated rings. The summed E-state index contributed by atoms with van der Waals surface area (Å²) in [6, 6.07) is 17.2. The first-order valence-electron chi connectivity index (χ1n) is 16.7. The molecule has 6 rings (SSSR count). The highest BCUT2D eigenvalue weighted by Crippen LogP contribution is 2.45. The molecule has 0 saturated carbocycles. The lowest BCUT2D eigenvalue weighted by Crippen LogP contribution is -2.60. The Morgan fingerprint density at radius 1 is 1.00 bits per heavy atom. The van der Waals surface area contributed by atoms with Crippen molar-refractivity contribution in [1.29, 1.82) is 0 Å². The Morgan fingerprint density at radius 2 is 1.68 bits per heavy atom. The smallest absolute Gasteiger partial charge is 0.248 e. The first-order valence-corrected chi connectivity index (χ1v) is 16.7. The number of fused-ring (bicyclic) bond motifs is 3. The number of piperidine rings is 2. The molecule has 236 valence electrons. The lowest BCUT2D eigenvalue weighted by Gasteiger charge is -2.47. The largest absolute Gasteiger partial charge is 0.342 e. The SMILES string of the molecule is CCC(CC)(NC(C)=O)C(=O)N1CCC(CCN2[C@@H]3CC[C@H]2CC(n2c(C)nc4ccccc42)C3)(c2cccc(F)c2)CC1. The molecule has 3 aliphatic rings. The zero-order valence-electron chi connectivity index (χ0n) is 26.8. The summed E-state index contributed by atoms with van der Waals surface area (Å²) in [7, 11) is 0. The van der Waals surface area contributed by atoms with Crippen LogP contribution in [0.2, 0.25) is 0 Å². The fourth-order valence-corrected chi connectivity index (χ4v) is 8.85. The summed E-state index contributed by atoms with van der Waals surface area (Å²) in [6.07, 6.45) is 8.35. The minimum absolute atomic E-state index is 0.00739. The number of hydrogen-bond donors (Lipinski definition) is 1. The third kappa shape index (κ3) is 5.55. The zero-order valence-corrected chi connectivity index (χ0v) is 26.8. The molecule has 3 aromatic rings. The van der Waals surface area contributed by atoms with Crippen molar-refractivity contribution in [1.82, 2.24) is 24.7 Å². The number of carbonyl (C=O) groups excluding carboxylic acids is 2. The molecule has 3 aliphatic heterocycles. The van der Waals surface area contributed by atoms with Gasteiger partial charge >= 0.3 is 0 Å². The number of aryl methyl sites for hydroxylation is 1. The predicted octanol–water partition coefficient (Wildman–Crippen LogP) is 6.30. The summed E-state index contributed by atoms with van der Waals surface area (Å²) in [5, 5.41) is 2.97. The molecule has 2 aromatic carbocycles. The standard InChI is InChI=1S/C36H48FN5O2/c1-5-36(6-2,39-26(4)43)34(44)40-19-16-35(17-20-40,27-10-9-11-28(37)22-27)18-21-41-29-14-15-30(41)24-31(23-29)42-25(3)38-32-12-7-8-13-33(32)42/h7-13,22,29-31H,5-6,14-21,23-24H2,1-4H3,(H,39,43)/t29-,30+,31?. The molecule has 0 spiro atoms. The lowest BCUT2D eigenvalue weighted by atomic mass is 9.70. The number of nitrogens with one attached hydrogen (secondary N) is 1. The maximum atomic E-state index is 14.6. The van der Waals surface area contributed by atoms with Crippen LogP contribution < -0.4 is 5.32 Å². The number of benzene rings is 2. The van der Waals surface area contributed by atoms with E-state index in [4.69, 9.17) is 4.98 Å². The van der Waals surface area contributed by atoms with Crippen molar-refractivity contribution in [2.45, 2.75) is 115 Å². The first kappa shape index (κ1) is 30.8. The van der Waals surface area contributed by atoms with E-state index in [0.29, 0.717) is 44.1 Å². The van der Waals surface area contributed by atoms with Gasteiger partial charge in [-0.3, -0.25) is 14.5 Å². The van der Waals surface area contributed by atoms with Gasteiger partial charge in [0.1, 0.15) is 17.2 Å². The van der Waals surface area contributed by atoms with Gasteiger partial charge < -0.3 is 14.8 Å². The van der Waals surface area contributed by atoms with Crippen molar-refractivity contribution < 1.29 is 14.0 Å². The van der Waals surface area contributed by atoms with Gasteiger partial charge in [0.05, 0.1) is 11.0 Å². The number of rotatable bonds is 9. The third-order valence-electron chi connectivity index (χ3n) is 11.3. The number of hydrogen-bond acceptors (Lipinski definition) is 4. The molecule has 2 bridgehead atoms. The van der Waals surface area contributed by atoms with Gasteiger partial charge in [-0.1, -0.05) is 38.1 Å². The Labute approximate surface area is 261 Å². The van der Waals surface area contributed by atoms with Gasteiger partial charge in [-0.05, 0) is 106 Å². The van der Waals surface area contributed by atoms with Crippen LogP contribution in [0.3, 0.4) is 0 Å². The second-order valence-electron chi connectivity index (χ2n) is 13.6. The molecule has 44 heavy (non-hydrogen) atoms. The second kappa shape index (κ2) is 12.3. The maximum Gasteiger partial charge on any atom is 0.248 e. The van der Waals surface area contributed by atoms with Gasteiger partial charge in [0.15, 0.2) is 0 Å². The Morgan fingerprint density at radius 3 is 2.32 bits per heavy atom. The molecular formula is C36H48FN5O2. The van der Waals surface area contributed by atoms with Gasteiger partial charge in [-0.2, -0.15) is 0 Å². The molecule has 1 N–H and O–H groups in total. The van der Waals surface area contributed by atoms with E-state index in [1.165, 1.54) is 31.3 Å². The van der Waals surface area contributed by atoms with Crippen molar-refractivity contribution >= 4 is 22.8 Å². The Bertz CT molecular complexity index is 1490. The van der Waals surface area contributed by atoms with E-state index >= 15 is 0 Å². The normalized spacial score (nSPS) is 23.7. The van der Waals surface area contributed by atoms with Crippen LogP contribution in [0.15, 0.2) is 48.5 Å². The van der Waals surface area contributed by atoms with Crippen LogP contribution in [0.5, 0.6) is 0 Å². The first-order chi connectivity index (χ1) is 21.2. The molecule has 8 heteroatoms. The number of para-hydroxylation sites is 2.